The molecule has 3 nitrogen and oxygen atoms in total. The Balaban J connectivity index is 2.05. The van der Waals surface area contributed by atoms with Gasteiger partial charge in [-0.25, -0.2) is 0 Å². The molecule has 0 aliphatic rings. The average molecular weight is 278 g/mol. The first-order valence-corrected chi connectivity index (χ1v) is 5.73. The van der Waals surface area contributed by atoms with Crippen LogP contribution < -0.4 is 11.1 Å². The summed E-state index contributed by atoms with van der Waals surface area (Å²) in [4.78, 5) is 3.95. The lowest BCUT2D eigenvalue weighted by Gasteiger charge is -2.08. The summed E-state index contributed by atoms with van der Waals surface area (Å²) in [6.07, 6.45) is 3.41. The third-order valence-corrected chi connectivity index (χ3v) is 2.75. The van der Waals surface area contributed by atoms with Crippen LogP contribution in [0, 0.1) is 0 Å². The van der Waals surface area contributed by atoms with Crippen LogP contribution in [0.5, 0.6) is 0 Å². The highest BCUT2D eigenvalue weighted by Gasteiger charge is 1.98. The molecule has 0 saturated heterocycles. The predicted octanol–water partition coefficient (Wildman–Crippen LogP) is 3.04. The fourth-order valence-electron chi connectivity index (χ4n) is 1.39. The molecule has 0 aliphatic heterocycles. The lowest BCUT2D eigenvalue weighted by Crippen LogP contribution is -2.03. The van der Waals surface area contributed by atoms with E-state index in [1.165, 1.54) is 0 Å². The zero-order chi connectivity index (χ0) is 11.4. The van der Waals surface area contributed by atoms with Gasteiger partial charge in [0.2, 0.25) is 0 Å². The fourth-order valence-corrected chi connectivity index (χ4v) is 1.79. The van der Waals surface area contributed by atoms with E-state index in [1.54, 1.807) is 12.4 Å². The van der Waals surface area contributed by atoms with E-state index in [9.17, 15) is 0 Å². The van der Waals surface area contributed by atoms with Gasteiger partial charge in [0.1, 0.15) is 0 Å². The van der Waals surface area contributed by atoms with Crippen molar-refractivity contribution in [3.63, 3.8) is 0 Å². The van der Waals surface area contributed by atoms with Crippen molar-refractivity contribution in [2.24, 2.45) is 0 Å². The normalized spacial score (nSPS) is 10.1. The minimum absolute atomic E-state index is 0.699. The molecular formula is C12H12BrN3. The lowest BCUT2D eigenvalue weighted by molar-refractivity contribution is 1.13. The van der Waals surface area contributed by atoms with Crippen molar-refractivity contribution in [1.82, 2.24) is 4.98 Å². The fraction of sp³-hybridized carbons (Fsp3) is 0.0833. The van der Waals surface area contributed by atoms with Crippen molar-refractivity contribution in [3.05, 3.63) is 52.8 Å². The molecule has 0 bridgehead atoms. The van der Waals surface area contributed by atoms with Gasteiger partial charge in [-0.1, -0.05) is 22.0 Å². The summed E-state index contributed by atoms with van der Waals surface area (Å²) in [5.41, 5.74) is 8.63. The zero-order valence-corrected chi connectivity index (χ0v) is 10.2. The molecular weight excluding hydrogens is 266 g/mol. The summed E-state index contributed by atoms with van der Waals surface area (Å²) < 4.78 is 1.06. The van der Waals surface area contributed by atoms with Gasteiger partial charge in [-0.15, -0.1) is 0 Å². The summed E-state index contributed by atoms with van der Waals surface area (Å²) in [6.45, 7) is 0.699. The van der Waals surface area contributed by atoms with Crippen LogP contribution >= 0.6 is 15.9 Å². The number of pyridine rings is 1. The highest BCUT2D eigenvalue weighted by Crippen LogP contribution is 2.17. The topological polar surface area (TPSA) is 50.9 Å². The number of benzene rings is 1. The first kappa shape index (κ1) is 11.0. The van der Waals surface area contributed by atoms with Crippen molar-refractivity contribution in [2.75, 3.05) is 11.1 Å². The molecule has 1 aromatic heterocycles. The molecule has 1 heterocycles. The maximum absolute atomic E-state index is 5.80. The highest BCUT2D eigenvalue weighted by molar-refractivity contribution is 9.10. The minimum atomic E-state index is 0.699. The van der Waals surface area contributed by atoms with Crippen LogP contribution in [-0.2, 0) is 6.54 Å². The molecule has 4 heteroatoms. The summed E-state index contributed by atoms with van der Waals surface area (Å²) in [6, 6.07) is 9.94. The monoisotopic (exact) mass is 277 g/mol. The Morgan fingerprint density at radius 2 is 2.19 bits per heavy atom. The third-order valence-electron chi connectivity index (χ3n) is 2.25. The van der Waals surface area contributed by atoms with Crippen molar-refractivity contribution in [1.29, 1.82) is 0 Å². The maximum atomic E-state index is 5.80. The number of hydrogen-bond acceptors (Lipinski definition) is 3. The molecule has 0 unspecified atom stereocenters. The molecule has 2 rings (SSSR count). The Morgan fingerprint density at radius 3 is 2.94 bits per heavy atom. The van der Waals surface area contributed by atoms with Crippen molar-refractivity contribution >= 4 is 27.3 Å². The summed E-state index contributed by atoms with van der Waals surface area (Å²) in [5.74, 6) is 0. The molecule has 0 spiro atoms. The number of hydrogen-bond donors (Lipinski definition) is 2. The van der Waals surface area contributed by atoms with Gasteiger partial charge in [-0.05, 0) is 29.8 Å². The molecule has 0 aliphatic carbocycles. The Labute approximate surface area is 103 Å². The molecule has 0 saturated carbocycles. The van der Waals surface area contributed by atoms with Gasteiger partial charge in [0.25, 0.3) is 0 Å². The van der Waals surface area contributed by atoms with Crippen LogP contribution in [-0.4, -0.2) is 4.98 Å². The molecule has 2 aromatic rings. The Hall–Kier alpha value is -1.55. The average Bonchev–Trinajstić information content (AvgIpc) is 2.28. The van der Waals surface area contributed by atoms with Gasteiger partial charge < -0.3 is 11.1 Å². The number of nitrogens with one attached hydrogen (secondary N) is 1. The van der Waals surface area contributed by atoms with E-state index >= 15 is 0 Å². The molecule has 0 fully saturated rings. The maximum Gasteiger partial charge on any atom is 0.0551 e. The van der Waals surface area contributed by atoms with Gasteiger partial charge in [0.15, 0.2) is 0 Å². The zero-order valence-electron chi connectivity index (χ0n) is 8.65. The minimum Gasteiger partial charge on any atom is -0.397 e. The van der Waals surface area contributed by atoms with Crippen molar-refractivity contribution < 1.29 is 0 Å². The molecule has 82 valence electrons. The van der Waals surface area contributed by atoms with Crippen molar-refractivity contribution in [2.45, 2.75) is 6.54 Å². The van der Waals surface area contributed by atoms with Gasteiger partial charge in [0, 0.05) is 22.9 Å². The van der Waals surface area contributed by atoms with E-state index in [-0.39, 0.29) is 0 Å². The number of nitrogens with zero attached hydrogens (tertiary/aromatic N) is 1. The summed E-state index contributed by atoms with van der Waals surface area (Å²) >= 11 is 3.43. The van der Waals surface area contributed by atoms with Crippen LogP contribution in [0.1, 0.15) is 5.56 Å². The number of halogens is 1. The molecule has 1 aromatic carbocycles. The number of rotatable bonds is 3. The molecule has 16 heavy (non-hydrogen) atoms. The molecule has 0 atom stereocenters. The number of anilines is 2. The molecule has 0 radical (unpaired) electrons. The first-order chi connectivity index (χ1) is 7.75. The number of nitrogens with two attached hydrogens (primary N) is 1. The second-order valence-corrected chi connectivity index (χ2v) is 4.35. The Kier molecular flexibility index (Phi) is 3.41. The van der Waals surface area contributed by atoms with E-state index in [0.717, 1.165) is 15.7 Å². The Bertz CT molecular complexity index is 485. The predicted molar refractivity (Wildman–Crippen MR) is 70.1 cm³/mol. The SMILES string of the molecule is Nc1cnccc1CNc1cccc(Br)c1. The van der Waals surface area contributed by atoms with Gasteiger partial charge in [-0.2, -0.15) is 0 Å². The second kappa shape index (κ2) is 4.99. The summed E-state index contributed by atoms with van der Waals surface area (Å²) in [7, 11) is 0. The lowest BCUT2D eigenvalue weighted by atomic mass is 10.2. The molecule has 0 amide bonds. The van der Waals surface area contributed by atoms with E-state index in [0.29, 0.717) is 12.2 Å². The van der Waals surface area contributed by atoms with Crippen LogP contribution in [0.25, 0.3) is 0 Å². The second-order valence-electron chi connectivity index (χ2n) is 3.44. The van der Waals surface area contributed by atoms with E-state index in [1.807, 2.05) is 30.3 Å². The van der Waals surface area contributed by atoms with Gasteiger partial charge >= 0.3 is 0 Å². The largest absolute Gasteiger partial charge is 0.397 e. The van der Waals surface area contributed by atoms with Crippen LogP contribution in [0.3, 0.4) is 0 Å². The van der Waals surface area contributed by atoms with E-state index in [4.69, 9.17) is 5.73 Å². The summed E-state index contributed by atoms with van der Waals surface area (Å²) in [5, 5.41) is 3.30. The van der Waals surface area contributed by atoms with Crippen LogP contribution in [0.4, 0.5) is 11.4 Å². The Morgan fingerprint density at radius 1 is 1.31 bits per heavy atom. The smallest absolute Gasteiger partial charge is 0.0551 e. The first-order valence-electron chi connectivity index (χ1n) is 4.93. The number of aromatic nitrogens is 1. The number of nitrogen functional groups attached to an aromatic ring is 1. The van der Waals surface area contributed by atoms with E-state index in [2.05, 4.69) is 26.2 Å². The van der Waals surface area contributed by atoms with E-state index < -0.39 is 0 Å². The third kappa shape index (κ3) is 2.73. The highest BCUT2D eigenvalue weighted by atomic mass is 79.9. The van der Waals surface area contributed by atoms with Gasteiger partial charge in [-0.3, -0.25) is 4.98 Å². The van der Waals surface area contributed by atoms with Crippen LogP contribution in [0.2, 0.25) is 0 Å². The quantitative estimate of drug-likeness (QED) is 0.907. The molecule has 3 N–H and O–H groups in total. The van der Waals surface area contributed by atoms with Crippen molar-refractivity contribution in [3.8, 4) is 0 Å². The van der Waals surface area contributed by atoms with Gasteiger partial charge in [0.05, 0.1) is 11.9 Å². The van der Waals surface area contributed by atoms with Crippen LogP contribution in [0.15, 0.2) is 47.2 Å². The standard InChI is InChI=1S/C12H12BrN3/c13-10-2-1-3-11(6-10)16-7-9-4-5-15-8-12(9)14/h1-6,8,16H,7,14H2.